The number of anilines is 1. The average Bonchev–Trinajstić information content (AvgIpc) is 3.46. The lowest BCUT2D eigenvalue weighted by Gasteiger charge is -2.27. The molecule has 0 amide bonds. The van der Waals surface area contributed by atoms with Gasteiger partial charge in [0.2, 0.25) is 5.70 Å². The Morgan fingerprint density at radius 2 is 1.80 bits per heavy atom. The van der Waals surface area contributed by atoms with Crippen LogP contribution in [0.15, 0.2) is 77.2 Å². The van der Waals surface area contributed by atoms with Gasteiger partial charge in [0.15, 0.2) is 0 Å². The van der Waals surface area contributed by atoms with Crippen molar-refractivity contribution < 1.29 is 4.63 Å². The number of nitrogens with zero attached hydrogens (tertiary/aromatic N) is 4. The third-order valence-corrected chi connectivity index (χ3v) is 5.57. The zero-order valence-corrected chi connectivity index (χ0v) is 15.6. The lowest BCUT2D eigenvalue weighted by molar-refractivity contribution is 0.315. The molecule has 7 heteroatoms. The highest BCUT2D eigenvalue weighted by atomic mass is 16.6. The van der Waals surface area contributed by atoms with Crippen LogP contribution in [-0.2, 0) is 0 Å². The van der Waals surface area contributed by atoms with Crippen LogP contribution in [0.1, 0.15) is 22.6 Å². The molecule has 1 unspecified atom stereocenters. The van der Waals surface area contributed by atoms with Crippen molar-refractivity contribution in [2.24, 2.45) is 0 Å². The first-order valence-corrected chi connectivity index (χ1v) is 9.46. The summed E-state index contributed by atoms with van der Waals surface area (Å²) in [6.07, 6.45) is 1.75. The zero-order chi connectivity index (χ0) is 20.1. The maximum atomic E-state index is 8.07. The van der Waals surface area contributed by atoms with Crippen LogP contribution in [0.5, 0.6) is 0 Å². The molecule has 0 spiro atoms. The van der Waals surface area contributed by atoms with E-state index < -0.39 is 0 Å². The second-order valence-electron chi connectivity index (χ2n) is 7.14. The highest BCUT2D eigenvalue weighted by molar-refractivity contribution is 5.99. The summed E-state index contributed by atoms with van der Waals surface area (Å²) in [6, 6.07) is 20.0. The van der Waals surface area contributed by atoms with Crippen molar-refractivity contribution in [1.82, 2.24) is 20.5 Å². The third kappa shape index (κ3) is 2.28. The lowest BCUT2D eigenvalue weighted by Crippen LogP contribution is -2.16. The molecule has 0 saturated heterocycles. The number of rotatable bonds is 2. The summed E-state index contributed by atoms with van der Waals surface area (Å²) < 4.78 is 4.97. The predicted molar refractivity (Wildman–Crippen MR) is 113 cm³/mol. The van der Waals surface area contributed by atoms with Gasteiger partial charge < -0.3 is 5.32 Å². The third-order valence-electron chi connectivity index (χ3n) is 5.57. The Hall–Kier alpha value is -4.44. The van der Waals surface area contributed by atoms with Crippen LogP contribution in [0.25, 0.3) is 32.3 Å². The van der Waals surface area contributed by atoms with Gasteiger partial charge in [0.1, 0.15) is 16.9 Å². The van der Waals surface area contributed by atoms with Crippen molar-refractivity contribution in [1.29, 1.82) is 0 Å². The Morgan fingerprint density at radius 1 is 0.933 bits per heavy atom. The molecule has 2 N–H and O–H groups in total. The Morgan fingerprint density at radius 3 is 2.73 bits per heavy atom. The molecule has 5 aromatic rings. The minimum Gasteiger partial charge on any atom is -0.349 e. The molecular formula is C23H14N6O. The number of allylic oxidation sites excluding steroid dienone is 1. The molecule has 30 heavy (non-hydrogen) atoms. The summed E-state index contributed by atoms with van der Waals surface area (Å²) in [6.45, 7) is 8.07. The van der Waals surface area contributed by atoms with Gasteiger partial charge in [-0.05, 0) is 38.3 Å². The van der Waals surface area contributed by atoms with E-state index in [2.05, 4.69) is 48.9 Å². The fraction of sp³-hybridized carbons (Fsp3) is 0.0435. The van der Waals surface area contributed by atoms with Gasteiger partial charge >= 0.3 is 0 Å². The van der Waals surface area contributed by atoms with E-state index >= 15 is 0 Å². The molecule has 7 nitrogen and oxygen atoms in total. The van der Waals surface area contributed by atoms with Crippen molar-refractivity contribution in [3.63, 3.8) is 0 Å². The van der Waals surface area contributed by atoms with Crippen LogP contribution in [0.2, 0.25) is 0 Å². The van der Waals surface area contributed by atoms with E-state index in [-0.39, 0.29) is 5.92 Å². The van der Waals surface area contributed by atoms with Crippen LogP contribution in [-0.4, -0.2) is 20.5 Å². The van der Waals surface area contributed by atoms with Crippen LogP contribution < -0.4 is 5.32 Å². The second kappa shape index (κ2) is 6.29. The summed E-state index contributed by atoms with van der Waals surface area (Å²) in [5, 5.41) is 20.9. The number of nitrogens with one attached hydrogen (secondary N) is 2. The second-order valence-corrected chi connectivity index (χ2v) is 7.14. The quantitative estimate of drug-likeness (QED) is 0.417. The molecule has 0 fully saturated rings. The lowest BCUT2D eigenvalue weighted by atomic mass is 9.84. The van der Waals surface area contributed by atoms with Crippen LogP contribution >= 0.6 is 0 Å². The van der Waals surface area contributed by atoms with E-state index in [1.54, 1.807) is 6.20 Å². The van der Waals surface area contributed by atoms with E-state index in [4.69, 9.17) is 11.2 Å². The van der Waals surface area contributed by atoms with Crippen molar-refractivity contribution in [2.75, 3.05) is 5.32 Å². The van der Waals surface area contributed by atoms with Crippen molar-refractivity contribution in [2.45, 2.75) is 5.92 Å². The highest BCUT2D eigenvalue weighted by Gasteiger charge is 2.34. The van der Waals surface area contributed by atoms with Crippen LogP contribution in [0.3, 0.4) is 0 Å². The Kier molecular flexibility index (Phi) is 3.46. The monoisotopic (exact) mass is 390 g/mol. The number of fused-ring (bicyclic) bond motifs is 3. The topological polar surface area (TPSA) is 84.0 Å². The van der Waals surface area contributed by atoms with Crippen molar-refractivity contribution >= 4 is 33.3 Å². The van der Waals surface area contributed by atoms with Crippen molar-refractivity contribution in [3.8, 4) is 0 Å². The molecule has 6 rings (SSSR count). The van der Waals surface area contributed by atoms with Gasteiger partial charge in [-0.25, -0.2) is 9.47 Å². The summed E-state index contributed by atoms with van der Waals surface area (Å²) in [7, 11) is 0. The maximum absolute atomic E-state index is 8.07. The fourth-order valence-electron chi connectivity index (χ4n) is 4.24. The molecule has 1 aliphatic rings. The molecule has 0 bridgehead atoms. The predicted octanol–water partition coefficient (Wildman–Crippen LogP) is 4.94. The minimum absolute atomic E-state index is 0.345. The largest absolute Gasteiger partial charge is 0.349 e. The molecule has 1 aliphatic heterocycles. The summed E-state index contributed by atoms with van der Waals surface area (Å²) in [4.78, 5) is 3.99. The van der Waals surface area contributed by atoms with Gasteiger partial charge in [-0.15, -0.1) is 0 Å². The minimum atomic E-state index is -0.345. The van der Waals surface area contributed by atoms with E-state index in [9.17, 15) is 0 Å². The highest BCUT2D eigenvalue weighted by Crippen LogP contribution is 2.46. The van der Waals surface area contributed by atoms with E-state index in [0.717, 1.165) is 39.0 Å². The standard InChI is InChI=1S/C23H14N6O/c1-24-22-19(16-10-5-11-18-20(16)29-30-28-18)17-12-25-27-23(17)26-21(22)15-9-4-7-13-6-2-3-8-14(13)15/h2-12,19H,(H2,25,26,27). The van der Waals surface area contributed by atoms with Crippen LogP contribution in [0.4, 0.5) is 5.82 Å². The number of aromatic nitrogens is 4. The number of aromatic amines is 1. The van der Waals surface area contributed by atoms with Gasteiger partial charge in [0.25, 0.3) is 0 Å². The summed E-state index contributed by atoms with van der Waals surface area (Å²) in [5.74, 6) is 0.422. The fourth-order valence-corrected chi connectivity index (χ4v) is 4.24. The molecule has 1 atom stereocenters. The van der Waals surface area contributed by atoms with Gasteiger partial charge in [0, 0.05) is 11.3 Å². The Labute approximate surface area is 170 Å². The van der Waals surface area contributed by atoms with E-state index in [0.29, 0.717) is 16.7 Å². The first kappa shape index (κ1) is 16.5. The number of H-pyrrole nitrogens is 1. The first-order valence-electron chi connectivity index (χ1n) is 9.46. The van der Waals surface area contributed by atoms with E-state index in [1.165, 1.54) is 0 Å². The molecule has 0 saturated carbocycles. The Bertz CT molecular complexity index is 1500. The normalized spacial score (nSPS) is 15.8. The average molecular weight is 390 g/mol. The zero-order valence-electron chi connectivity index (χ0n) is 15.6. The maximum Gasteiger partial charge on any atom is 0.200 e. The van der Waals surface area contributed by atoms with Gasteiger partial charge in [-0.3, -0.25) is 5.10 Å². The molecule has 3 heterocycles. The molecular weight excluding hydrogens is 376 g/mol. The SMILES string of the molecule is [C-]#[N+]C1=C(c2cccc3ccccc23)Nc2[nH]ncc2C1c1cccc2nonc12. The first-order chi connectivity index (χ1) is 14.8. The Balaban J connectivity index is 1.67. The van der Waals surface area contributed by atoms with Gasteiger partial charge in [0.05, 0.1) is 18.7 Å². The van der Waals surface area contributed by atoms with Crippen molar-refractivity contribution in [3.05, 3.63) is 101 Å². The molecule has 3 aromatic carbocycles. The van der Waals surface area contributed by atoms with Crippen LogP contribution in [0, 0.1) is 6.57 Å². The number of hydrogen-bond donors (Lipinski definition) is 2. The summed E-state index contributed by atoms with van der Waals surface area (Å²) in [5.41, 5.74) is 5.37. The molecule has 142 valence electrons. The number of hydrogen-bond acceptors (Lipinski definition) is 5. The smallest absolute Gasteiger partial charge is 0.200 e. The number of benzene rings is 3. The van der Waals surface area contributed by atoms with E-state index in [1.807, 2.05) is 42.5 Å². The molecule has 2 aromatic heterocycles. The van der Waals surface area contributed by atoms with Gasteiger partial charge in [-0.1, -0.05) is 54.6 Å². The summed E-state index contributed by atoms with van der Waals surface area (Å²) >= 11 is 0. The molecule has 0 aliphatic carbocycles. The molecule has 0 radical (unpaired) electrons. The van der Waals surface area contributed by atoms with Gasteiger partial charge in [-0.2, -0.15) is 5.10 Å².